The molecule has 0 spiro atoms. The van der Waals surface area contributed by atoms with Gasteiger partial charge in [-0.15, -0.1) is 0 Å². The molecule has 134 valence electrons. The fourth-order valence-corrected chi connectivity index (χ4v) is 3.21. The molecule has 4 heteroatoms. The van der Waals surface area contributed by atoms with Crippen LogP contribution in [-0.4, -0.2) is 35.8 Å². The normalized spacial score (nSPS) is 17.1. The second-order valence-electron chi connectivity index (χ2n) is 6.36. The van der Waals surface area contributed by atoms with E-state index in [2.05, 4.69) is 12.2 Å². The molecule has 0 saturated carbocycles. The molecular formula is C21H28N2O2. The van der Waals surface area contributed by atoms with Crippen LogP contribution in [0.15, 0.2) is 54.6 Å². The first-order valence-electron chi connectivity index (χ1n) is 9.09. The Morgan fingerprint density at radius 2 is 1.88 bits per heavy atom. The number of hydrogen-bond donors (Lipinski definition) is 1. The molecule has 0 aromatic heterocycles. The lowest BCUT2D eigenvalue weighted by atomic mass is 9.93. The third kappa shape index (κ3) is 5.59. The number of likely N-dealkylation sites (tertiary alicyclic amines) is 1. The molecular weight excluding hydrogens is 312 g/mol. The quantitative estimate of drug-likeness (QED) is 0.637. The molecule has 2 amide bonds. The monoisotopic (exact) mass is 340 g/mol. The second kappa shape index (κ2) is 9.82. The van der Waals surface area contributed by atoms with Gasteiger partial charge in [0, 0.05) is 25.2 Å². The maximum absolute atomic E-state index is 12.9. The number of amides is 2. The van der Waals surface area contributed by atoms with Gasteiger partial charge in [-0.2, -0.15) is 0 Å². The summed E-state index contributed by atoms with van der Waals surface area (Å²) in [5.41, 5.74) is 1.08. The maximum Gasteiger partial charge on any atom is 0.244 e. The first-order chi connectivity index (χ1) is 12.2. The van der Waals surface area contributed by atoms with Crippen LogP contribution in [0.5, 0.6) is 0 Å². The molecule has 1 aromatic carbocycles. The smallest absolute Gasteiger partial charge is 0.244 e. The Labute approximate surface area is 150 Å². The number of rotatable bonds is 6. The summed E-state index contributed by atoms with van der Waals surface area (Å²) in [5.74, 6) is 0.0566. The molecule has 1 heterocycles. The zero-order valence-corrected chi connectivity index (χ0v) is 15.2. The van der Waals surface area contributed by atoms with Gasteiger partial charge in [-0.3, -0.25) is 9.59 Å². The molecule has 4 nitrogen and oxygen atoms in total. The van der Waals surface area contributed by atoms with E-state index in [4.69, 9.17) is 0 Å². The molecule has 1 aliphatic heterocycles. The van der Waals surface area contributed by atoms with Crippen LogP contribution < -0.4 is 5.32 Å². The molecule has 25 heavy (non-hydrogen) atoms. The van der Waals surface area contributed by atoms with Crippen molar-refractivity contribution in [3.63, 3.8) is 0 Å². The fraction of sp³-hybridized carbons (Fsp3) is 0.429. The standard InChI is InChI=1S/C21H28N2O2/c1-3-5-7-12-20(24)22-18-13-15-23(16-14-18)21(25)19(4-2)17-10-8-6-9-11-17/h3,5-12,18-19H,4,13-16H2,1-2H3,(H,22,24). The van der Waals surface area contributed by atoms with Gasteiger partial charge in [0.1, 0.15) is 0 Å². The Hall–Kier alpha value is -2.36. The van der Waals surface area contributed by atoms with E-state index in [1.54, 1.807) is 12.2 Å². The fourth-order valence-electron chi connectivity index (χ4n) is 3.21. The number of allylic oxidation sites excluding steroid dienone is 3. The molecule has 1 aromatic rings. The Bertz CT molecular complexity index is 614. The average molecular weight is 340 g/mol. The molecule has 0 bridgehead atoms. The highest BCUT2D eigenvalue weighted by atomic mass is 16.2. The van der Waals surface area contributed by atoms with Crippen molar-refractivity contribution in [2.45, 2.75) is 45.1 Å². The van der Waals surface area contributed by atoms with Crippen LogP contribution >= 0.6 is 0 Å². The van der Waals surface area contributed by atoms with E-state index in [1.807, 2.05) is 54.3 Å². The van der Waals surface area contributed by atoms with Crippen LogP contribution in [0.25, 0.3) is 0 Å². The summed E-state index contributed by atoms with van der Waals surface area (Å²) in [7, 11) is 0. The third-order valence-electron chi connectivity index (χ3n) is 4.61. The molecule has 1 unspecified atom stereocenters. The Morgan fingerprint density at radius 3 is 2.48 bits per heavy atom. The summed E-state index contributed by atoms with van der Waals surface area (Å²) in [6.45, 7) is 5.37. The van der Waals surface area contributed by atoms with Crippen molar-refractivity contribution < 1.29 is 9.59 Å². The van der Waals surface area contributed by atoms with Gasteiger partial charge in [0.2, 0.25) is 11.8 Å². The van der Waals surface area contributed by atoms with Crippen LogP contribution in [0.4, 0.5) is 0 Å². The van der Waals surface area contributed by atoms with Gasteiger partial charge in [0.05, 0.1) is 5.92 Å². The van der Waals surface area contributed by atoms with Gasteiger partial charge in [0.25, 0.3) is 0 Å². The third-order valence-corrected chi connectivity index (χ3v) is 4.61. The highest BCUT2D eigenvalue weighted by Gasteiger charge is 2.28. The summed E-state index contributed by atoms with van der Waals surface area (Å²) < 4.78 is 0. The minimum atomic E-state index is -0.0731. The number of nitrogens with one attached hydrogen (secondary N) is 1. The second-order valence-corrected chi connectivity index (χ2v) is 6.36. The van der Waals surface area contributed by atoms with E-state index in [-0.39, 0.29) is 23.8 Å². The van der Waals surface area contributed by atoms with Gasteiger partial charge in [-0.25, -0.2) is 0 Å². The highest BCUT2D eigenvalue weighted by Crippen LogP contribution is 2.24. The van der Waals surface area contributed by atoms with Gasteiger partial charge in [0.15, 0.2) is 0 Å². The van der Waals surface area contributed by atoms with Gasteiger partial charge >= 0.3 is 0 Å². The van der Waals surface area contributed by atoms with Crippen molar-refractivity contribution in [2.24, 2.45) is 0 Å². The van der Waals surface area contributed by atoms with E-state index in [0.29, 0.717) is 13.1 Å². The molecule has 1 atom stereocenters. The molecule has 2 rings (SSSR count). The lowest BCUT2D eigenvalue weighted by molar-refractivity contribution is -0.134. The summed E-state index contributed by atoms with van der Waals surface area (Å²) in [4.78, 5) is 26.6. The number of piperidine rings is 1. The summed E-state index contributed by atoms with van der Waals surface area (Å²) >= 11 is 0. The predicted molar refractivity (Wildman–Crippen MR) is 101 cm³/mol. The van der Waals surface area contributed by atoms with Crippen molar-refractivity contribution in [3.8, 4) is 0 Å². The number of carbonyl (C=O) groups excluding carboxylic acids is 2. The van der Waals surface area contributed by atoms with Crippen molar-refractivity contribution in [1.29, 1.82) is 0 Å². The first kappa shape index (κ1) is 19.0. The minimum Gasteiger partial charge on any atom is -0.350 e. The van der Waals surface area contributed by atoms with E-state index >= 15 is 0 Å². The summed E-state index contributed by atoms with van der Waals surface area (Å²) in [6.07, 6.45) is 9.40. The van der Waals surface area contributed by atoms with E-state index in [0.717, 1.165) is 24.8 Å². The predicted octanol–water partition coefficient (Wildman–Crippen LogP) is 3.42. The number of hydrogen-bond acceptors (Lipinski definition) is 2. The zero-order chi connectivity index (χ0) is 18.1. The van der Waals surface area contributed by atoms with E-state index < -0.39 is 0 Å². The number of nitrogens with zero attached hydrogens (tertiary/aromatic N) is 1. The minimum absolute atomic E-state index is 0.0707. The van der Waals surface area contributed by atoms with E-state index in [9.17, 15) is 9.59 Å². The maximum atomic E-state index is 12.9. The molecule has 1 aliphatic rings. The van der Waals surface area contributed by atoms with Crippen molar-refractivity contribution in [2.75, 3.05) is 13.1 Å². The molecule has 1 saturated heterocycles. The van der Waals surface area contributed by atoms with E-state index in [1.165, 1.54) is 0 Å². The Morgan fingerprint density at radius 1 is 1.20 bits per heavy atom. The van der Waals surface area contributed by atoms with Crippen molar-refractivity contribution in [1.82, 2.24) is 10.2 Å². The number of benzene rings is 1. The van der Waals surface area contributed by atoms with Crippen LogP contribution in [0, 0.1) is 0 Å². The van der Waals surface area contributed by atoms with Crippen LogP contribution in [0.3, 0.4) is 0 Å². The Kier molecular flexibility index (Phi) is 7.45. The van der Waals surface area contributed by atoms with Crippen LogP contribution in [-0.2, 0) is 9.59 Å². The van der Waals surface area contributed by atoms with Crippen LogP contribution in [0.1, 0.15) is 44.6 Å². The Balaban J connectivity index is 1.86. The van der Waals surface area contributed by atoms with Gasteiger partial charge in [-0.05, 0) is 31.7 Å². The lowest BCUT2D eigenvalue weighted by Crippen LogP contribution is -2.47. The largest absolute Gasteiger partial charge is 0.350 e. The summed E-state index contributed by atoms with van der Waals surface area (Å²) in [5, 5.41) is 3.01. The topological polar surface area (TPSA) is 49.4 Å². The van der Waals surface area contributed by atoms with Crippen LogP contribution in [0.2, 0.25) is 0 Å². The SMILES string of the molecule is CC=CC=CC(=O)NC1CCN(C(=O)C(CC)c2ccccc2)CC1. The summed E-state index contributed by atoms with van der Waals surface area (Å²) in [6, 6.07) is 10.1. The number of carbonyl (C=O) groups is 2. The van der Waals surface area contributed by atoms with Gasteiger partial charge in [-0.1, -0.05) is 55.5 Å². The zero-order valence-electron chi connectivity index (χ0n) is 15.2. The molecule has 0 radical (unpaired) electrons. The average Bonchev–Trinajstić information content (AvgIpc) is 2.64. The lowest BCUT2D eigenvalue weighted by Gasteiger charge is -2.34. The van der Waals surface area contributed by atoms with Crippen molar-refractivity contribution in [3.05, 3.63) is 60.2 Å². The van der Waals surface area contributed by atoms with Crippen molar-refractivity contribution >= 4 is 11.8 Å². The first-order valence-corrected chi connectivity index (χ1v) is 9.09. The highest BCUT2D eigenvalue weighted by molar-refractivity contribution is 5.88. The van der Waals surface area contributed by atoms with Gasteiger partial charge < -0.3 is 10.2 Å². The molecule has 0 aliphatic carbocycles. The molecule has 1 fully saturated rings. The molecule has 1 N–H and O–H groups in total.